The van der Waals surface area contributed by atoms with E-state index in [0.29, 0.717) is 23.7 Å². The van der Waals surface area contributed by atoms with E-state index in [1.165, 1.54) is 25.7 Å². The van der Waals surface area contributed by atoms with Gasteiger partial charge in [-0.25, -0.2) is 0 Å². The van der Waals surface area contributed by atoms with Crippen molar-refractivity contribution >= 4 is 17.3 Å². The molecule has 1 aromatic rings. The molecule has 1 amide bonds. The molecule has 2 rings (SSSR count). The maximum atomic E-state index is 12.2. The van der Waals surface area contributed by atoms with Gasteiger partial charge in [0.25, 0.3) is 0 Å². The van der Waals surface area contributed by atoms with Crippen molar-refractivity contribution in [2.24, 2.45) is 5.92 Å². The Kier molecular flexibility index (Phi) is 5.54. The molecule has 1 aliphatic heterocycles. The van der Waals surface area contributed by atoms with E-state index in [4.69, 9.17) is 4.74 Å². The van der Waals surface area contributed by atoms with Crippen molar-refractivity contribution in [2.45, 2.75) is 26.7 Å². The molecular weight excluding hydrogens is 298 g/mol. The van der Waals surface area contributed by atoms with Crippen LogP contribution in [0.3, 0.4) is 0 Å². The number of aryl methyl sites for hydroxylation is 1. The monoisotopic (exact) mass is 321 g/mol. The second kappa shape index (κ2) is 7.41. The molecule has 1 heterocycles. The summed E-state index contributed by atoms with van der Waals surface area (Å²) in [6.07, 6.45) is 2.32. The van der Waals surface area contributed by atoms with Crippen LogP contribution in [0, 0.1) is 23.0 Å². The van der Waals surface area contributed by atoms with Gasteiger partial charge in [0, 0.05) is 24.4 Å². The molecule has 126 valence electrons. The number of hydrogen-bond donors (Lipinski definition) is 1. The number of piperidine rings is 1. The number of hydrogen-bond acceptors (Lipinski definition) is 5. The van der Waals surface area contributed by atoms with Crippen LogP contribution in [-0.4, -0.2) is 42.5 Å². The van der Waals surface area contributed by atoms with E-state index in [1.54, 1.807) is 6.92 Å². The van der Waals surface area contributed by atoms with Gasteiger partial charge in [-0.05, 0) is 37.8 Å². The van der Waals surface area contributed by atoms with Crippen molar-refractivity contribution in [3.05, 3.63) is 27.8 Å². The van der Waals surface area contributed by atoms with Crippen molar-refractivity contribution in [3.8, 4) is 5.75 Å². The molecule has 0 aromatic heterocycles. The zero-order chi connectivity index (χ0) is 17.0. The zero-order valence-corrected chi connectivity index (χ0v) is 13.8. The number of likely N-dealkylation sites (tertiary alicyclic amines) is 1. The predicted molar refractivity (Wildman–Crippen MR) is 87.9 cm³/mol. The standard InChI is InChI=1S/C16H23N3O4/c1-11-5-4-6-18(9-11)10-16(20)17-13-8-15(23-3)14(19(21)22)7-12(13)2/h7-8,11H,4-6,9-10H2,1-3H3,(H,17,20). The third-order valence-electron chi connectivity index (χ3n) is 4.10. The Morgan fingerprint density at radius 3 is 2.87 bits per heavy atom. The summed E-state index contributed by atoms with van der Waals surface area (Å²) in [5, 5.41) is 13.8. The first-order valence-electron chi connectivity index (χ1n) is 7.76. The van der Waals surface area contributed by atoms with E-state index >= 15 is 0 Å². The van der Waals surface area contributed by atoms with E-state index in [2.05, 4.69) is 17.1 Å². The Morgan fingerprint density at radius 1 is 1.52 bits per heavy atom. The average molecular weight is 321 g/mol. The molecule has 7 nitrogen and oxygen atoms in total. The van der Waals surface area contributed by atoms with Gasteiger partial charge in [-0.15, -0.1) is 0 Å². The summed E-state index contributed by atoms with van der Waals surface area (Å²) in [6, 6.07) is 2.92. The molecule has 0 spiro atoms. The number of nitro benzene ring substituents is 1. The third-order valence-corrected chi connectivity index (χ3v) is 4.10. The van der Waals surface area contributed by atoms with Crippen molar-refractivity contribution < 1.29 is 14.5 Å². The molecule has 1 N–H and O–H groups in total. The maximum absolute atomic E-state index is 12.2. The number of nitrogens with one attached hydrogen (secondary N) is 1. The normalized spacial score (nSPS) is 18.5. The fourth-order valence-corrected chi connectivity index (χ4v) is 2.94. The smallest absolute Gasteiger partial charge is 0.311 e. The highest BCUT2D eigenvalue weighted by molar-refractivity contribution is 5.93. The third kappa shape index (κ3) is 4.41. The molecule has 1 atom stereocenters. The number of anilines is 1. The van der Waals surface area contributed by atoms with E-state index in [1.807, 2.05) is 0 Å². The van der Waals surface area contributed by atoms with Gasteiger partial charge >= 0.3 is 5.69 Å². The van der Waals surface area contributed by atoms with Crippen molar-refractivity contribution in [2.75, 3.05) is 32.1 Å². The molecule has 1 saturated heterocycles. The number of rotatable bonds is 5. The summed E-state index contributed by atoms with van der Waals surface area (Å²) in [4.78, 5) is 24.9. The van der Waals surface area contributed by atoms with Crippen molar-refractivity contribution in [3.63, 3.8) is 0 Å². The molecule has 1 aliphatic rings. The lowest BCUT2D eigenvalue weighted by atomic mass is 10.0. The lowest BCUT2D eigenvalue weighted by molar-refractivity contribution is -0.385. The van der Waals surface area contributed by atoms with Gasteiger partial charge in [0.05, 0.1) is 18.6 Å². The summed E-state index contributed by atoms with van der Waals surface area (Å²) < 4.78 is 5.04. The fourth-order valence-electron chi connectivity index (χ4n) is 2.94. The van der Waals surface area contributed by atoms with E-state index in [0.717, 1.165) is 19.5 Å². The minimum atomic E-state index is -0.493. The number of nitrogens with zero attached hydrogens (tertiary/aromatic N) is 2. The van der Waals surface area contributed by atoms with Crippen LogP contribution in [0.1, 0.15) is 25.3 Å². The van der Waals surface area contributed by atoms with E-state index in [-0.39, 0.29) is 17.3 Å². The molecule has 7 heteroatoms. The van der Waals surface area contributed by atoms with Crippen LogP contribution in [0.5, 0.6) is 5.75 Å². The number of amides is 1. The van der Waals surface area contributed by atoms with Crippen molar-refractivity contribution in [1.82, 2.24) is 4.90 Å². The number of benzene rings is 1. The van der Waals surface area contributed by atoms with Crippen LogP contribution >= 0.6 is 0 Å². The lowest BCUT2D eigenvalue weighted by Gasteiger charge is -2.30. The molecule has 0 aliphatic carbocycles. The number of carbonyl (C=O) groups is 1. The van der Waals surface area contributed by atoms with Crippen LogP contribution in [0.2, 0.25) is 0 Å². The summed E-state index contributed by atoms with van der Waals surface area (Å²) in [5.74, 6) is 0.637. The van der Waals surface area contributed by atoms with Gasteiger partial charge in [-0.2, -0.15) is 0 Å². The van der Waals surface area contributed by atoms with Crippen LogP contribution in [-0.2, 0) is 4.79 Å². The van der Waals surface area contributed by atoms with Crippen LogP contribution in [0.15, 0.2) is 12.1 Å². The molecule has 0 radical (unpaired) electrons. The first kappa shape index (κ1) is 17.2. The molecule has 1 aromatic carbocycles. The highest BCUT2D eigenvalue weighted by Gasteiger charge is 2.21. The second-order valence-electron chi connectivity index (χ2n) is 6.13. The molecule has 23 heavy (non-hydrogen) atoms. The lowest BCUT2D eigenvalue weighted by Crippen LogP contribution is -2.39. The minimum absolute atomic E-state index is 0.104. The number of methoxy groups -OCH3 is 1. The molecule has 1 unspecified atom stereocenters. The van der Waals surface area contributed by atoms with Gasteiger partial charge in [0.1, 0.15) is 0 Å². The SMILES string of the molecule is COc1cc(NC(=O)CN2CCCC(C)C2)c(C)cc1[N+](=O)[O-]. The zero-order valence-electron chi connectivity index (χ0n) is 13.8. The first-order valence-corrected chi connectivity index (χ1v) is 7.76. The van der Waals surface area contributed by atoms with Crippen molar-refractivity contribution in [1.29, 1.82) is 0 Å². The number of ether oxygens (including phenoxy) is 1. The first-order chi connectivity index (χ1) is 10.9. The largest absolute Gasteiger partial charge is 0.490 e. The topological polar surface area (TPSA) is 84.7 Å². The Bertz CT molecular complexity index is 603. The van der Waals surface area contributed by atoms with Gasteiger partial charge in [0.2, 0.25) is 5.91 Å². The number of carbonyl (C=O) groups excluding carboxylic acids is 1. The summed E-state index contributed by atoms with van der Waals surface area (Å²) >= 11 is 0. The highest BCUT2D eigenvalue weighted by Crippen LogP contribution is 2.32. The number of nitro groups is 1. The Labute approximate surface area is 135 Å². The predicted octanol–water partition coefficient (Wildman–Crippen LogP) is 2.58. The Morgan fingerprint density at radius 2 is 2.26 bits per heavy atom. The van der Waals surface area contributed by atoms with Gasteiger partial charge < -0.3 is 10.1 Å². The molecule has 0 bridgehead atoms. The summed E-state index contributed by atoms with van der Waals surface area (Å²) in [5.41, 5.74) is 1.08. The Balaban J connectivity index is 2.07. The summed E-state index contributed by atoms with van der Waals surface area (Å²) in [6.45, 7) is 6.11. The quantitative estimate of drug-likeness (QED) is 0.665. The fraction of sp³-hybridized carbons (Fsp3) is 0.562. The second-order valence-corrected chi connectivity index (χ2v) is 6.13. The summed E-state index contributed by atoms with van der Waals surface area (Å²) in [7, 11) is 1.37. The molecule has 1 fully saturated rings. The van der Waals surface area contributed by atoms with Crippen LogP contribution in [0.25, 0.3) is 0 Å². The van der Waals surface area contributed by atoms with E-state index in [9.17, 15) is 14.9 Å². The average Bonchev–Trinajstić information content (AvgIpc) is 2.48. The van der Waals surface area contributed by atoms with Crippen LogP contribution in [0.4, 0.5) is 11.4 Å². The van der Waals surface area contributed by atoms with Gasteiger partial charge in [-0.1, -0.05) is 6.92 Å². The molecule has 0 saturated carbocycles. The van der Waals surface area contributed by atoms with Crippen LogP contribution < -0.4 is 10.1 Å². The van der Waals surface area contributed by atoms with Gasteiger partial charge in [0.15, 0.2) is 5.75 Å². The minimum Gasteiger partial charge on any atom is -0.490 e. The van der Waals surface area contributed by atoms with Gasteiger partial charge in [-0.3, -0.25) is 19.8 Å². The highest BCUT2D eigenvalue weighted by atomic mass is 16.6. The Hall–Kier alpha value is -2.15. The maximum Gasteiger partial charge on any atom is 0.311 e. The van der Waals surface area contributed by atoms with E-state index < -0.39 is 4.92 Å². The molecular formula is C16H23N3O4.